The number of methoxy groups -OCH3 is 2. The molecule has 2 amide bonds. The van der Waals surface area contributed by atoms with Gasteiger partial charge in [-0.05, 0) is 62.7 Å². The third kappa shape index (κ3) is 3.59. The van der Waals surface area contributed by atoms with Crippen LogP contribution in [0.5, 0.6) is 11.5 Å². The van der Waals surface area contributed by atoms with Crippen molar-refractivity contribution in [2.24, 2.45) is 0 Å². The van der Waals surface area contributed by atoms with Gasteiger partial charge in [-0.3, -0.25) is 0 Å². The fraction of sp³-hybridized carbons (Fsp3) is 0.611. The molecular weight excluding hydrogens is 306 g/mol. The van der Waals surface area contributed by atoms with Crippen LogP contribution in [-0.2, 0) is 13.0 Å². The molecule has 132 valence electrons. The van der Waals surface area contributed by atoms with Crippen LogP contribution in [0.2, 0.25) is 0 Å². The number of piperidine rings is 1. The minimum atomic E-state index is 0.0463. The molecule has 1 fully saturated rings. The van der Waals surface area contributed by atoms with Gasteiger partial charge in [-0.2, -0.15) is 0 Å². The molecule has 1 aromatic rings. The summed E-state index contributed by atoms with van der Waals surface area (Å²) in [4.78, 5) is 16.8. The maximum absolute atomic E-state index is 12.6. The molecule has 2 heterocycles. The van der Waals surface area contributed by atoms with Gasteiger partial charge in [0.1, 0.15) is 0 Å². The summed E-state index contributed by atoms with van der Waals surface area (Å²) in [6.07, 6.45) is 2.89. The van der Waals surface area contributed by atoms with E-state index >= 15 is 0 Å². The number of rotatable bonds is 3. The summed E-state index contributed by atoms with van der Waals surface area (Å²) in [5.41, 5.74) is 2.37. The van der Waals surface area contributed by atoms with E-state index in [1.54, 1.807) is 14.2 Å². The zero-order chi connectivity index (χ0) is 17.1. The van der Waals surface area contributed by atoms with Gasteiger partial charge < -0.3 is 24.6 Å². The molecule has 2 aliphatic rings. The number of carbonyl (C=O) groups is 1. The maximum atomic E-state index is 12.6. The van der Waals surface area contributed by atoms with Gasteiger partial charge in [0.15, 0.2) is 11.5 Å². The van der Waals surface area contributed by atoms with Crippen molar-refractivity contribution in [2.45, 2.75) is 31.8 Å². The molecule has 0 spiro atoms. The van der Waals surface area contributed by atoms with E-state index in [9.17, 15) is 4.79 Å². The van der Waals surface area contributed by atoms with Crippen molar-refractivity contribution in [3.63, 3.8) is 0 Å². The van der Waals surface area contributed by atoms with E-state index in [4.69, 9.17) is 9.47 Å². The van der Waals surface area contributed by atoms with Crippen molar-refractivity contribution in [1.82, 2.24) is 15.1 Å². The van der Waals surface area contributed by atoms with Crippen molar-refractivity contribution < 1.29 is 14.3 Å². The Morgan fingerprint density at radius 2 is 1.71 bits per heavy atom. The van der Waals surface area contributed by atoms with Crippen LogP contribution >= 0.6 is 0 Å². The number of hydrogen-bond donors (Lipinski definition) is 1. The van der Waals surface area contributed by atoms with Gasteiger partial charge in [0, 0.05) is 19.1 Å². The quantitative estimate of drug-likeness (QED) is 0.917. The number of likely N-dealkylation sites (tertiary alicyclic amines) is 1. The minimum absolute atomic E-state index is 0.0463. The number of urea groups is 1. The predicted molar refractivity (Wildman–Crippen MR) is 92.7 cm³/mol. The molecule has 0 unspecified atom stereocenters. The fourth-order valence-corrected chi connectivity index (χ4v) is 3.48. The van der Waals surface area contributed by atoms with E-state index in [0.29, 0.717) is 18.3 Å². The first-order chi connectivity index (χ1) is 11.6. The lowest BCUT2D eigenvalue weighted by Gasteiger charge is -2.34. The lowest BCUT2D eigenvalue weighted by atomic mass is 9.99. The van der Waals surface area contributed by atoms with Crippen LogP contribution in [-0.4, -0.2) is 62.8 Å². The lowest BCUT2D eigenvalue weighted by Crippen LogP contribution is -2.49. The average molecular weight is 333 g/mol. The Bertz CT molecular complexity index is 597. The van der Waals surface area contributed by atoms with Crippen molar-refractivity contribution in [2.75, 3.05) is 40.9 Å². The standard InChI is InChI=1S/C18H27N3O3/c1-20-7-5-15(6-8-20)19-18(22)21-9-4-13-10-16(23-2)17(24-3)11-14(13)12-21/h10-11,15H,4-9,12H2,1-3H3,(H,19,22). The second kappa shape index (κ2) is 7.30. The molecule has 0 aromatic heterocycles. The van der Waals surface area contributed by atoms with Crippen LogP contribution < -0.4 is 14.8 Å². The minimum Gasteiger partial charge on any atom is -0.493 e. The van der Waals surface area contributed by atoms with Crippen LogP contribution in [0.15, 0.2) is 12.1 Å². The van der Waals surface area contributed by atoms with E-state index in [0.717, 1.165) is 50.2 Å². The first-order valence-electron chi connectivity index (χ1n) is 8.58. The highest BCUT2D eigenvalue weighted by Crippen LogP contribution is 2.33. The maximum Gasteiger partial charge on any atom is 0.317 e. The van der Waals surface area contributed by atoms with Crippen LogP contribution in [0.1, 0.15) is 24.0 Å². The normalized spacial score (nSPS) is 18.9. The number of fused-ring (bicyclic) bond motifs is 1. The molecule has 24 heavy (non-hydrogen) atoms. The largest absolute Gasteiger partial charge is 0.493 e. The smallest absolute Gasteiger partial charge is 0.317 e. The van der Waals surface area contributed by atoms with Crippen LogP contribution in [0, 0.1) is 0 Å². The van der Waals surface area contributed by atoms with Crippen molar-refractivity contribution >= 4 is 6.03 Å². The van der Waals surface area contributed by atoms with E-state index in [1.165, 1.54) is 5.56 Å². The van der Waals surface area contributed by atoms with Gasteiger partial charge in [0.25, 0.3) is 0 Å². The Morgan fingerprint density at radius 1 is 1.08 bits per heavy atom. The van der Waals surface area contributed by atoms with Crippen LogP contribution in [0.3, 0.4) is 0 Å². The number of benzene rings is 1. The first kappa shape index (κ1) is 16.9. The zero-order valence-electron chi connectivity index (χ0n) is 14.8. The van der Waals surface area contributed by atoms with E-state index in [-0.39, 0.29) is 6.03 Å². The second-order valence-corrected chi connectivity index (χ2v) is 6.67. The van der Waals surface area contributed by atoms with E-state index < -0.39 is 0 Å². The zero-order valence-corrected chi connectivity index (χ0v) is 14.8. The van der Waals surface area contributed by atoms with Crippen molar-refractivity contribution in [3.8, 4) is 11.5 Å². The Balaban J connectivity index is 1.64. The molecule has 2 aliphatic heterocycles. The highest BCUT2D eigenvalue weighted by Gasteiger charge is 2.25. The Morgan fingerprint density at radius 3 is 2.33 bits per heavy atom. The molecule has 1 aromatic carbocycles. The van der Waals surface area contributed by atoms with Gasteiger partial charge in [-0.1, -0.05) is 0 Å². The summed E-state index contributed by atoms with van der Waals surface area (Å²) >= 11 is 0. The molecule has 6 nitrogen and oxygen atoms in total. The van der Waals surface area contributed by atoms with Crippen molar-refractivity contribution in [3.05, 3.63) is 23.3 Å². The summed E-state index contributed by atoms with van der Waals surface area (Å²) < 4.78 is 10.7. The van der Waals surface area contributed by atoms with Gasteiger partial charge >= 0.3 is 6.03 Å². The highest BCUT2D eigenvalue weighted by atomic mass is 16.5. The fourth-order valence-electron chi connectivity index (χ4n) is 3.48. The molecular formula is C18H27N3O3. The molecule has 1 saturated heterocycles. The lowest BCUT2D eigenvalue weighted by molar-refractivity contribution is 0.176. The number of hydrogen-bond acceptors (Lipinski definition) is 4. The third-order valence-electron chi connectivity index (χ3n) is 5.05. The Hall–Kier alpha value is -1.95. The van der Waals surface area contributed by atoms with Gasteiger partial charge in [-0.25, -0.2) is 4.79 Å². The van der Waals surface area contributed by atoms with Gasteiger partial charge in [0.05, 0.1) is 14.2 Å². The summed E-state index contributed by atoms with van der Waals surface area (Å²) in [5, 5.41) is 3.20. The number of ether oxygens (including phenoxy) is 2. The Labute approximate surface area is 143 Å². The second-order valence-electron chi connectivity index (χ2n) is 6.67. The summed E-state index contributed by atoms with van der Waals surface area (Å²) in [6.45, 7) is 3.45. The molecule has 0 atom stereocenters. The molecule has 3 rings (SSSR count). The molecule has 6 heteroatoms. The molecule has 1 N–H and O–H groups in total. The number of amides is 2. The van der Waals surface area contributed by atoms with Gasteiger partial charge in [-0.15, -0.1) is 0 Å². The monoisotopic (exact) mass is 333 g/mol. The predicted octanol–water partition coefficient (Wildman–Crippen LogP) is 1.87. The SMILES string of the molecule is COc1cc2c(cc1OC)CN(C(=O)NC1CCN(C)CC1)CC2. The number of nitrogens with zero attached hydrogens (tertiary/aromatic N) is 2. The van der Waals surface area contributed by atoms with E-state index in [2.05, 4.69) is 17.3 Å². The average Bonchev–Trinajstić information content (AvgIpc) is 2.61. The number of carbonyl (C=O) groups excluding carboxylic acids is 1. The first-order valence-corrected chi connectivity index (χ1v) is 8.58. The Kier molecular flexibility index (Phi) is 5.14. The van der Waals surface area contributed by atoms with Gasteiger partial charge in [0.2, 0.25) is 0 Å². The molecule has 0 radical (unpaired) electrons. The third-order valence-corrected chi connectivity index (χ3v) is 5.05. The summed E-state index contributed by atoms with van der Waals surface area (Å²) in [5.74, 6) is 1.47. The topological polar surface area (TPSA) is 54.0 Å². The van der Waals surface area contributed by atoms with Crippen molar-refractivity contribution in [1.29, 1.82) is 0 Å². The van der Waals surface area contributed by atoms with Crippen LogP contribution in [0.4, 0.5) is 4.79 Å². The van der Waals surface area contributed by atoms with Crippen LogP contribution in [0.25, 0.3) is 0 Å². The van der Waals surface area contributed by atoms with E-state index in [1.807, 2.05) is 17.0 Å². The molecule has 0 saturated carbocycles. The molecule has 0 aliphatic carbocycles. The number of nitrogens with one attached hydrogen (secondary N) is 1. The summed E-state index contributed by atoms with van der Waals surface area (Å²) in [6, 6.07) is 4.36. The molecule has 0 bridgehead atoms. The summed E-state index contributed by atoms with van der Waals surface area (Å²) in [7, 11) is 5.41. The highest BCUT2D eigenvalue weighted by molar-refractivity contribution is 5.75.